The number of carbonyl (C=O) groups is 2. The molecule has 3 N–H and O–H groups in total. The van der Waals surface area contributed by atoms with Crippen LogP contribution in [0.15, 0.2) is 71.1 Å². The molecule has 1 atom stereocenters. The molecule has 13 heteroatoms. The van der Waals surface area contributed by atoms with Crippen molar-refractivity contribution >= 4 is 28.0 Å². The largest absolute Gasteiger partial charge is 0.487 e. The lowest BCUT2D eigenvalue weighted by molar-refractivity contribution is -0.145. The average molecular weight is 761 g/mol. The maximum atomic E-state index is 14.0. The van der Waals surface area contributed by atoms with E-state index < -0.39 is 39.3 Å². The minimum absolute atomic E-state index is 0.0372. The second kappa shape index (κ2) is 16.2. The second-order valence-corrected chi connectivity index (χ2v) is 16.9. The quantitative estimate of drug-likeness (QED) is 0.0432. The molecule has 290 valence electrons. The molecule has 2 aliphatic rings. The molecule has 1 heterocycles. The molecule has 0 unspecified atom stereocenters. The highest BCUT2D eigenvalue weighted by Crippen LogP contribution is 2.45. The first-order chi connectivity index (χ1) is 25.4. The number of nitrogens with one attached hydrogen (secondary N) is 3. The van der Waals surface area contributed by atoms with Gasteiger partial charge in [-0.05, 0) is 107 Å². The highest BCUT2D eigenvalue weighted by Gasteiger charge is 2.37. The third-order valence-electron chi connectivity index (χ3n) is 9.43. The van der Waals surface area contributed by atoms with E-state index in [4.69, 9.17) is 19.0 Å². The van der Waals surface area contributed by atoms with E-state index in [1.54, 1.807) is 34.6 Å². The fourth-order valence-corrected chi connectivity index (χ4v) is 8.42. The van der Waals surface area contributed by atoms with E-state index in [9.17, 15) is 18.0 Å². The number of carbonyl (C=O) groups excluding carboxylic acids is 2. The van der Waals surface area contributed by atoms with Crippen molar-refractivity contribution in [2.75, 3.05) is 19.8 Å². The van der Waals surface area contributed by atoms with E-state index in [1.807, 2.05) is 57.2 Å². The topological polar surface area (TPSA) is 154 Å². The van der Waals surface area contributed by atoms with Gasteiger partial charge in [0.2, 0.25) is 5.96 Å². The molecular weight excluding hydrogens is 709 g/mol. The van der Waals surface area contributed by atoms with Crippen LogP contribution in [-0.4, -0.2) is 63.4 Å². The number of hydroxylamine groups is 1. The third kappa shape index (κ3) is 9.25. The highest BCUT2D eigenvalue weighted by atomic mass is 32.2. The number of rotatable bonds is 13. The van der Waals surface area contributed by atoms with Gasteiger partial charge in [-0.25, -0.2) is 28.2 Å². The predicted molar refractivity (Wildman–Crippen MR) is 208 cm³/mol. The lowest BCUT2D eigenvalue weighted by Crippen LogP contribution is -2.44. The number of guanidine groups is 1. The molecule has 3 aromatic rings. The van der Waals surface area contributed by atoms with Crippen molar-refractivity contribution in [3.05, 3.63) is 94.6 Å². The standard InChI is InChI=1S/C41H52N4O8S/c1-10-22-50-37(46)34(43-39(47)51-24-33-30-18-13-11-16-28(30)29-17-12-14-19-31(29)33)20-15-21-42-38(44-53-40(5,6)7)45-54(48,49)36-26(3)25(2)35-32(27(36)4)23-41(8,9)52-35/h10-14,16-19,33-34H,1,15,20-24H2,2-9H3,(H,43,47)(H2,42,44,45)/t34-/m0/s1. The number of sulfonamides is 1. The van der Waals surface area contributed by atoms with Crippen molar-refractivity contribution in [2.45, 2.75) is 103 Å². The molecule has 0 aromatic heterocycles. The van der Waals surface area contributed by atoms with Crippen molar-refractivity contribution < 1.29 is 37.1 Å². The lowest BCUT2D eigenvalue weighted by atomic mass is 9.94. The average Bonchev–Trinajstić information content (AvgIpc) is 3.62. The Kier molecular flexibility index (Phi) is 12.1. The van der Waals surface area contributed by atoms with Crippen LogP contribution in [0, 0.1) is 20.8 Å². The molecule has 0 spiro atoms. The molecule has 12 nitrogen and oxygen atoms in total. The Labute approximate surface area is 318 Å². The second-order valence-electron chi connectivity index (χ2n) is 15.3. The van der Waals surface area contributed by atoms with Crippen LogP contribution in [0.25, 0.3) is 11.1 Å². The van der Waals surface area contributed by atoms with Crippen LogP contribution >= 0.6 is 0 Å². The Hall–Kier alpha value is -4.88. The fraction of sp³-hybridized carbons (Fsp3) is 0.439. The van der Waals surface area contributed by atoms with Crippen LogP contribution in [0.2, 0.25) is 0 Å². The van der Waals surface area contributed by atoms with Crippen molar-refractivity contribution in [3.63, 3.8) is 0 Å². The van der Waals surface area contributed by atoms with Crippen molar-refractivity contribution in [2.24, 2.45) is 4.99 Å². The van der Waals surface area contributed by atoms with Crippen LogP contribution < -0.4 is 20.3 Å². The van der Waals surface area contributed by atoms with E-state index >= 15 is 0 Å². The van der Waals surface area contributed by atoms with Crippen LogP contribution in [0.3, 0.4) is 0 Å². The number of ether oxygens (including phenoxy) is 3. The number of nitrogens with zero attached hydrogens (tertiary/aromatic N) is 1. The van der Waals surface area contributed by atoms with Gasteiger partial charge in [-0.15, -0.1) is 0 Å². The van der Waals surface area contributed by atoms with Crippen LogP contribution in [0.5, 0.6) is 5.75 Å². The molecule has 1 amide bonds. The third-order valence-corrected chi connectivity index (χ3v) is 11.0. The lowest BCUT2D eigenvalue weighted by Gasteiger charge is -2.23. The van der Waals surface area contributed by atoms with E-state index in [0.29, 0.717) is 17.5 Å². The molecular formula is C41H52N4O8S. The zero-order valence-corrected chi connectivity index (χ0v) is 33.2. The van der Waals surface area contributed by atoms with Gasteiger partial charge in [0.15, 0.2) is 0 Å². The monoisotopic (exact) mass is 760 g/mol. The molecule has 54 heavy (non-hydrogen) atoms. The Morgan fingerprint density at radius 2 is 1.63 bits per heavy atom. The first kappa shape index (κ1) is 40.3. The first-order valence-electron chi connectivity index (χ1n) is 18.1. The summed E-state index contributed by atoms with van der Waals surface area (Å²) in [5, 5.41) is 2.65. The van der Waals surface area contributed by atoms with Crippen molar-refractivity contribution in [1.29, 1.82) is 0 Å². The SMILES string of the molecule is C=CCOC(=O)[C@H](CCCN=C(NOC(C)(C)C)NS(=O)(=O)c1c(C)c(C)c2c(c1C)CC(C)(C)O2)NC(=O)OCC1c2ccccc2-c2ccccc21. The molecule has 1 aliphatic carbocycles. The molecule has 0 saturated carbocycles. The normalized spacial score (nSPS) is 15.3. The summed E-state index contributed by atoms with van der Waals surface area (Å²) in [4.78, 5) is 36.5. The van der Waals surface area contributed by atoms with Gasteiger partial charge in [-0.3, -0.25) is 9.83 Å². The van der Waals surface area contributed by atoms with Gasteiger partial charge in [-0.1, -0.05) is 61.2 Å². The van der Waals surface area contributed by atoms with Gasteiger partial charge in [0.1, 0.15) is 30.6 Å². The Balaban J connectivity index is 1.28. The van der Waals surface area contributed by atoms with E-state index in [-0.39, 0.29) is 49.4 Å². The van der Waals surface area contributed by atoms with Gasteiger partial charge in [0, 0.05) is 24.4 Å². The summed E-state index contributed by atoms with van der Waals surface area (Å²) in [5.74, 6) is -0.214. The molecule has 3 aromatic carbocycles. The number of esters is 1. The number of aliphatic imine (C=N–C) groups is 1. The zero-order valence-electron chi connectivity index (χ0n) is 32.4. The zero-order chi connectivity index (χ0) is 39.4. The highest BCUT2D eigenvalue weighted by molar-refractivity contribution is 7.90. The van der Waals surface area contributed by atoms with Crippen LogP contribution in [0.1, 0.15) is 86.8 Å². The number of hydrogen-bond acceptors (Lipinski definition) is 9. The van der Waals surface area contributed by atoms with Crippen molar-refractivity contribution in [3.8, 4) is 16.9 Å². The Morgan fingerprint density at radius 3 is 2.24 bits per heavy atom. The Morgan fingerprint density at radius 1 is 1.00 bits per heavy atom. The predicted octanol–water partition coefficient (Wildman–Crippen LogP) is 6.70. The van der Waals surface area contributed by atoms with Gasteiger partial charge in [0.25, 0.3) is 10.0 Å². The smallest absolute Gasteiger partial charge is 0.407 e. The number of amides is 1. The first-order valence-corrected chi connectivity index (χ1v) is 19.6. The maximum absolute atomic E-state index is 14.0. The molecule has 5 rings (SSSR count). The summed E-state index contributed by atoms with van der Waals surface area (Å²) in [6, 6.07) is 15.0. The number of hydrogen-bond donors (Lipinski definition) is 3. The minimum Gasteiger partial charge on any atom is -0.487 e. The molecule has 0 radical (unpaired) electrons. The summed E-state index contributed by atoms with van der Waals surface area (Å²) >= 11 is 0. The Bertz CT molecular complexity index is 2010. The maximum Gasteiger partial charge on any atom is 0.407 e. The summed E-state index contributed by atoms with van der Waals surface area (Å²) in [6.07, 6.45) is 1.64. The summed E-state index contributed by atoms with van der Waals surface area (Å²) in [7, 11) is -4.15. The fourth-order valence-electron chi connectivity index (χ4n) is 6.87. The van der Waals surface area contributed by atoms with E-state index in [1.165, 1.54) is 6.08 Å². The van der Waals surface area contributed by atoms with Crippen molar-refractivity contribution in [1.82, 2.24) is 15.5 Å². The van der Waals surface area contributed by atoms with Gasteiger partial charge >= 0.3 is 12.1 Å². The molecule has 1 aliphatic heterocycles. The van der Waals surface area contributed by atoms with Gasteiger partial charge in [0.05, 0.1) is 10.5 Å². The molecule has 0 fully saturated rings. The van der Waals surface area contributed by atoms with E-state index in [0.717, 1.165) is 39.1 Å². The molecule has 0 bridgehead atoms. The minimum atomic E-state index is -4.15. The summed E-state index contributed by atoms with van der Waals surface area (Å²) in [6.45, 7) is 18.5. The summed E-state index contributed by atoms with van der Waals surface area (Å²) in [5.41, 5.74) is 8.69. The van der Waals surface area contributed by atoms with Crippen LogP contribution in [-0.2, 0) is 35.5 Å². The number of alkyl carbamates (subject to hydrolysis) is 1. The molecule has 0 saturated heterocycles. The number of fused-ring (bicyclic) bond motifs is 4. The van der Waals surface area contributed by atoms with Crippen LogP contribution in [0.4, 0.5) is 4.79 Å². The van der Waals surface area contributed by atoms with E-state index in [2.05, 4.69) is 39.2 Å². The van der Waals surface area contributed by atoms with Gasteiger partial charge < -0.3 is 19.5 Å². The summed E-state index contributed by atoms with van der Waals surface area (Å²) < 4.78 is 47.7. The van der Waals surface area contributed by atoms with Gasteiger partial charge in [-0.2, -0.15) is 0 Å². The number of benzene rings is 3.